The van der Waals surface area contributed by atoms with E-state index >= 15 is 0 Å². The molecule has 0 radical (unpaired) electrons. The van der Waals surface area contributed by atoms with Crippen LogP contribution in [0.4, 0.5) is 5.69 Å². The van der Waals surface area contributed by atoms with Crippen molar-refractivity contribution in [2.24, 2.45) is 0 Å². The van der Waals surface area contributed by atoms with Crippen LogP contribution in [0.1, 0.15) is 16.8 Å². The fraction of sp³-hybridized carbons (Fsp3) is 0.158. The molecule has 0 aliphatic carbocycles. The average Bonchev–Trinajstić information content (AvgIpc) is 3.15. The predicted molar refractivity (Wildman–Crippen MR) is 99.6 cm³/mol. The molecule has 0 atom stereocenters. The summed E-state index contributed by atoms with van der Waals surface area (Å²) in [5.41, 5.74) is 2.66. The Balaban J connectivity index is 1.74. The number of aromatic nitrogens is 1. The minimum absolute atomic E-state index is 0.0183. The highest BCUT2D eigenvalue weighted by molar-refractivity contribution is 7.07. The first-order valence-electron chi connectivity index (χ1n) is 8.04. The third-order valence-corrected chi connectivity index (χ3v) is 4.62. The summed E-state index contributed by atoms with van der Waals surface area (Å²) >= 11 is 1.59. The summed E-state index contributed by atoms with van der Waals surface area (Å²) < 4.78 is 0. The summed E-state index contributed by atoms with van der Waals surface area (Å²) in [6.45, 7) is 0.925. The molecule has 2 heterocycles. The second-order valence-electron chi connectivity index (χ2n) is 5.80. The average molecular weight is 367 g/mol. The SMILES string of the molecule is O=C(Cc1ccc([N+](=O)[O-])cc1)N(Cc1ccsc1)Cc1ccccn1. The monoisotopic (exact) mass is 367 g/mol. The van der Waals surface area contributed by atoms with Crippen molar-refractivity contribution >= 4 is 22.9 Å². The summed E-state index contributed by atoms with van der Waals surface area (Å²) in [5, 5.41) is 14.7. The number of carbonyl (C=O) groups excluding carboxylic acids is 1. The smallest absolute Gasteiger partial charge is 0.269 e. The molecular formula is C19H17N3O3S. The Kier molecular flexibility index (Phi) is 5.70. The van der Waals surface area contributed by atoms with Crippen molar-refractivity contribution in [3.8, 4) is 0 Å². The van der Waals surface area contributed by atoms with Crippen LogP contribution >= 0.6 is 11.3 Å². The van der Waals surface area contributed by atoms with Gasteiger partial charge >= 0.3 is 0 Å². The Hall–Kier alpha value is -3.06. The number of benzene rings is 1. The van der Waals surface area contributed by atoms with Crippen LogP contribution in [-0.4, -0.2) is 20.7 Å². The zero-order chi connectivity index (χ0) is 18.4. The van der Waals surface area contributed by atoms with Crippen molar-refractivity contribution in [1.82, 2.24) is 9.88 Å². The molecule has 1 amide bonds. The third-order valence-electron chi connectivity index (χ3n) is 3.89. The molecule has 26 heavy (non-hydrogen) atoms. The van der Waals surface area contributed by atoms with E-state index in [4.69, 9.17) is 0 Å². The summed E-state index contributed by atoms with van der Waals surface area (Å²) in [6, 6.07) is 13.7. The van der Waals surface area contributed by atoms with E-state index in [0.29, 0.717) is 13.1 Å². The maximum absolute atomic E-state index is 12.8. The fourth-order valence-corrected chi connectivity index (χ4v) is 3.20. The second-order valence-corrected chi connectivity index (χ2v) is 6.58. The van der Waals surface area contributed by atoms with E-state index < -0.39 is 4.92 Å². The van der Waals surface area contributed by atoms with E-state index in [1.54, 1.807) is 34.6 Å². The molecule has 0 fully saturated rings. The first-order chi connectivity index (χ1) is 12.6. The van der Waals surface area contributed by atoms with E-state index in [9.17, 15) is 14.9 Å². The Labute approximate surface area is 154 Å². The van der Waals surface area contributed by atoms with Crippen molar-refractivity contribution in [3.05, 3.63) is 92.4 Å². The standard InChI is InChI=1S/C19H17N3O3S/c23-19(11-15-4-6-18(7-5-15)22(24)25)21(12-16-8-10-26-14-16)13-17-3-1-2-9-20-17/h1-10,14H,11-13H2. The number of nitro benzene ring substituents is 1. The molecule has 132 valence electrons. The number of nitrogens with zero attached hydrogens (tertiary/aromatic N) is 3. The van der Waals surface area contributed by atoms with Gasteiger partial charge in [0.2, 0.25) is 5.91 Å². The largest absolute Gasteiger partial charge is 0.332 e. The Bertz CT molecular complexity index is 865. The van der Waals surface area contributed by atoms with Crippen LogP contribution in [0.25, 0.3) is 0 Å². The fourth-order valence-electron chi connectivity index (χ4n) is 2.54. The lowest BCUT2D eigenvalue weighted by atomic mass is 10.1. The molecule has 3 rings (SSSR count). The molecule has 0 spiro atoms. The highest BCUT2D eigenvalue weighted by Gasteiger charge is 2.16. The summed E-state index contributed by atoms with van der Waals surface area (Å²) in [5.74, 6) is -0.0456. The molecule has 0 bridgehead atoms. The zero-order valence-corrected chi connectivity index (χ0v) is 14.8. The van der Waals surface area contributed by atoms with Crippen molar-refractivity contribution in [2.75, 3.05) is 0 Å². The first kappa shape index (κ1) is 17.8. The van der Waals surface area contributed by atoms with Crippen LogP contribution < -0.4 is 0 Å². The molecule has 0 saturated carbocycles. The summed E-state index contributed by atoms with van der Waals surface area (Å²) in [6.07, 6.45) is 1.90. The quantitative estimate of drug-likeness (QED) is 0.470. The van der Waals surface area contributed by atoms with Gasteiger partial charge in [-0.15, -0.1) is 0 Å². The number of hydrogen-bond acceptors (Lipinski definition) is 5. The molecule has 6 nitrogen and oxygen atoms in total. The number of thiophene rings is 1. The van der Waals surface area contributed by atoms with E-state index in [-0.39, 0.29) is 18.0 Å². The summed E-state index contributed by atoms with van der Waals surface area (Å²) in [4.78, 5) is 29.2. The number of nitro groups is 1. The van der Waals surface area contributed by atoms with Crippen molar-refractivity contribution in [2.45, 2.75) is 19.5 Å². The van der Waals surface area contributed by atoms with Gasteiger partial charge in [0.15, 0.2) is 0 Å². The molecule has 0 aliphatic rings. The Morgan fingerprint density at radius 3 is 2.50 bits per heavy atom. The van der Waals surface area contributed by atoms with E-state index in [1.807, 2.05) is 35.0 Å². The molecule has 1 aromatic carbocycles. The number of hydrogen-bond donors (Lipinski definition) is 0. The first-order valence-corrected chi connectivity index (χ1v) is 8.98. The highest BCUT2D eigenvalue weighted by atomic mass is 32.1. The highest BCUT2D eigenvalue weighted by Crippen LogP contribution is 2.16. The molecule has 7 heteroatoms. The number of carbonyl (C=O) groups is 1. The number of amides is 1. The van der Waals surface area contributed by atoms with Crippen LogP contribution in [-0.2, 0) is 24.3 Å². The number of non-ortho nitro benzene ring substituents is 1. The Morgan fingerprint density at radius 2 is 1.88 bits per heavy atom. The minimum Gasteiger partial charge on any atom is -0.332 e. The Morgan fingerprint density at radius 1 is 1.08 bits per heavy atom. The van der Waals surface area contributed by atoms with Gasteiger partial charge in [-0.1, -0.05) is 18.2 Å². The third kappa shape index (κ3) is 4.73. The lowest BCUT2D eigenvalue weighted by Crippen LogP contribution is -2.31. The van der Waals surface area contributed by atoms with Crippen LogP contribution in [0, 0.1) is 10.1 Å². The normalized spacial score (nSPS) is 10.5. The van der Waals surface area contributed by atoms with E-state index in [1.165, 1.54) is 12.1 Å². The maximum atomic E-state index is 12.8. The van der Waals surface area contributed by atoms with Gasteiger partial charge in [-0.2, -0.15) is 11.3 Å². The van der Waals surface area contributed by atoms with Crippen LogP contribution in [0.3, 0.4) is 0 Å². The molecule has 2 aromatic heterocycles. The van der Waals surface area contributed by atoms with Gasteiger partial charge in [0.25, 0.3) is 5.69 Å². The zero-order valence-electron chi connectivity index (χ0n) is 13.9. The molecule has 0 aliphatic heterocycles. The molecule has 0 unspecified atom stereocenters. The van der Waals surface area contributed by atoms with Gasteiger partial charge in [0, 0.05) is 24.9 Å². The van der Waals surface area contributed by atoms with E-state index in [0.717, 1.165) is 16.8 Å². The van der Waals surface area contributed by atoms with Gasteiger partial charge in [-0.05, 0) is 40.1 Å². The number of pyridine rings is 1. The maximum Gasteiger partial charge on any atom is 0.269 e. The van der Waals surface area contributed by atoms with Crippen LogP contribution in [0.15, 0.2) is 65.5 Å². The van der Waals surface area contributed by atoms with Crippen LogP contribution in [0.2, 0.25) is 0 Å². The summed E-state index contributed by atoms with van der Waals surface area (Å²) in [7, 11) is 0. The number of rotatable bonds is 7. The lowest BCUT2D eigenvalue weighted by molar-refractivity contribution is -0.384. The van der Waals surface area contributed by atoms with Gasteiger partial charge in [0.1, 0.15) is 0 Å². The molecule has 3 aromatic rings. The lowest BCUT2D eigenvalue weighted by Gasteiger charge is -2.22. The topological polar surface area (TPSA) is 76.3 Å². The van der Waals surface area contributed by atoms with Gasteiger partial charge in [-0.3, -0.25) is 19.9 Å². The molecular weight excluding hydrogens is 350 g/mol. The van der Waals surface area contributed by atoms with Gasteiger partial charge < -0.3 is 4.90 Å². The van der Waals surface area contributed by atoms with Crippen LogP contribution in [0.5, 0.6) is 0 Å². The second kappa shape index (κ2) is 8.35. The van der Waals surface area contributed by atoms with Crippen molar-refractivity contribution < 1.29 is 9.72 Å². The predicted octanol–water partition coefficient (Wildman–Crippen LogP) is 3.82. The van der Waals surface area contributed by atoms with Gasteiger partial charge in [-0.25, -0.2) is 0 Å². The van der Waals surface area contributed by atoms with Crippen molar-refractivity contribution in [1.29, 1.82) is 0 Å². The minimum atomic E-state index is -0.449. The molecule has 0 saturated heterocycles. The molecule has 0 N–H and O–H groups in total. The van der Waals surface area contributed by atoms with Crippen molar-refractivity contribution in [3.63, 3.8) is 0 Å². The van der Waals surface area contributed by atoms with Gasteiger partial charge in [0.05, 0.1) is 23.6 Å². The van der Waals surface area contributed by atoms with E-state index in [2.05, 4.69) is 4.98 Å².